The van der Waals surface area contributed by atoms with Gasteiger partial charge in [0.05, 0.1) is 0 Å². The number of primary amides is 1. The average Bonchev–Trinajstić information content (AvgIpc) is 2.83. The molecule has 0 aliphatic carbocycles. The number of nitrogens with zero attached hydrogens (tertiary/aromatic N) is 1. The van der Waals surface area contributed by atoms with Crippen LogP contribution in [0.15, 0.2) is 72.8 Å². The average molecular weight is 447 g/mol. The van der Waals surface area contributed by atoms with Gasteiger partial charge in [0.15, 0.2) is 0 Å². The molecule has 5 nitrogen and oxygen atoms in total. The Kier molecular flexibility index (Phi) is 7.03. The fourth-order valence-corrected chi connectivity index (χ4v) is 4.24. The lowest BCUT2D eigenvalue weighted by molar-refractivity contribution is 0.0690. The number of nitrogens with two attached hydrogens (primary N) is 1. The van der Waals surface area contributed by atoms with Gasteiger partial charge in [0.25, 0.3) is 11.8 Å². The number of piperidine rings is 1. The molecule has 0 radical (unpaired) electrons. The highest BCUT2D eigenvalue weighted by Gasteiger charge is 2.24. The molecule has 3 aromatic carbocycles. The first kappa shape index (κ1) is 22.5. The Bertz CT molecular complexity index is 1110. The second-order valence-electron chi connectivity index (χ2n) is 8.39. The third kappa shape index (κ3) is 5.58. The van der Waals surface area contributed by atoms with Crippen LogP contribution >= 0.6 is 0 Å². The molecule has 1 aliphatic heterocycles. The van der Waals surface area contributed by atoms with E-state index >= 15 is 0 Å². The van der Waals surface area contributed by atoms with Crippen LogP contribution in [-0.4, -0.2) is 29.8 Å². The van der Waals surface area contributed by atoms with Gasteiger partial charge in [-0.3, -0.25) is 9.59 Å². The maximum absolute atomic E-state index is 13.9. The van der Waals surface area contributed by atoms with Gasteiger partial charge >= 0.3 is 0 Å². The predicted octanol–water partition coefficient (Wildman–Crippen LogP) is 4.60. The van der Waals surface area contributed by atoms with E-state index in [0.29, 0.717) is 11.5 Å². The number of halogens is 1. The van der Waals surface area contributed by atoms with Crippen LogP contribution in [-0.2, 0) is 13.0 Å². The van der Waals surface area contributed by atoms with E-state index < -0.39 is 11.7 Å². The van der Waals surface area contributed by atoms with Crippen molar-refractivity contribution in [3.8, 4) is 5.75 Å². The van der Waals surface area contributed by atoms with Gasteiger partial charge in [0.2, 0.25) is 0 Å². The van der Waals surface area contributed by atoms with E-state index in [2.05, 4.69) is 24.3 Å². The molecule has 0 saturated carbocycles. The second-order valence-corrected chi connectivity index (χ2v) is 8.39. The lowest BCUT2D eigenvalue weighted by Crippen LogP contribution is -2.38. The number of likely N-dealkylation sites (tertiary alicyclic amines) is 1. The Hall–Kier alpha value is -3.67. The Morgan fingerprint density at radius 2 is 1.61 bits per heavy atom. The number of ether oxygens (including phenoxy) is 1. The molecule has 2 N–H and O–H groups in total. The number of hydrogen-bond donors (Lipinski definition) is 1. The zero-order valence-electron chi connectivity index (χ0n) is 18.4. The summed E-state index contributed by atoms with van der Waals surface area (Å²) in [7, 11) is 0. The molecular weight excluding hydrogens is 419 g/mol. The highest BCUT2D eigenvalue weighted by Crippen LogP contribution is 2.24. The van der Waals surface area contributed by atoms with E-state index in [1.807, 2.05) is 11.0 Å². The molecule has 33 heavy (non-hydrogen) atoms. The highest BCUT2D eigenvalue weighted by atomic mass is 19.1. The van der Waals surface area contributed by atoms with Crippen LogP contribution in [0.25, 0.3) is 0 Å². The van der Waals surface area contributed by atoms with Crippen molar-refractivity contribution in [3.05, 3.63) is 101 Å². The van der Waals surface area contributed by atoms with Crippen LogP contribution in [0.4, 0.5) is 4.39 Å². The normalized spacial score (nSPS) is 14.2. The van der Waals surface area contributed by atoms with Crippen molar-refractivity contribution in [1.29, 1.82) is 0 Å². The molecule has 1 heterocycles. The largest absolute Gasteiger partial charge is 0.488 e. The molecule has 0 bridgehead atoms. The Labute approximate surface area is 193 Å². The SMILES string of the molecule is NC(=O)c1c(F)cccc1OCc1ccc(C(=O)N2CCC(Cc3ccccc3)CC2)cc1. The van der Waals surface area contributed by atoms with Crippen molar-refractivity contribution in [1.82, 2.24) is 4.90 Å². The summed E-state index contributed by atoms with van der Waals surface area (Å²) in [6.45, 7) is 1.65. The van der Waals surface area contributed by atoms with E-state index in [1.54, 1.807) is 24.3 Å². The number of benzene rings is 3. The minimum absolute atomic E-state index is 0.0294. The number of hydrogen-bond acceptors (Lipinski definition) is 3. The van der Waals surface area contributed by atoms with Gasteiger partial charge in [-0.2, -0.15) is 0 Å². The Morgan fingerprint density at radius 1 is 0.909 bits per heavy atom. The smallest absolute Gasteiger partial charge is 0.255 e. The van der Waals surface area contributed by atoms with Crippen LogP contribution in [0.2, 0.25) is 0 Å². The van der Waals surface area contributed by atoms with Crippen molar-refractivity contribution >= 4 is 11.8 Å². The molecule has 2 amide bonds. The fourth-order valence-electron chi connectivity index (χ4n) is 4.24. The molecule has 0 aromatic heterocycles. The van der Waals surface area contributed by atoms with Gasteiger partial charge in [0.1, 0.15) is 23.7 Å². The lowest BCUT2D eigenvalue weighted by atomic mass is 9.90. The molecule has 3 aromatic rings. The zero-order chi connectivity index (χ0) is 23.2. The molecule has 1 saturated heterocycles. The maximum Gasteiger partial charge on any atom is 0.255 e. The second kappa shape index (κ2) is 10.3. The van der Waals surface area contributed by atoms with Gasteiger partial charge in [-0.1, -0.05) is 48.5 Å². The molecule has 170 valence electrons. The minimum Gasteiger partial charge on any atom is -0.488 e. The summed E-state index contributed by atoms with van der Waals surface area (Å²) in [5, 5.41) is 0. The van der Waals surface area contributed by atoms with Gasteiger partial charge in [-0.25, -0.2) is 4.39 Å². The Morgan fingerprint density at radius 3 is 2.27 bits per heavy atom. The van der Waals surface area contributed by atoms with Crippen molar-refractivity contribution in [2.75, 3.05) is 13.1 Å². The van der Waals surface area contributed by atoms with Crippen LogP contribution in [0, 0.1) is 11.7 Å². The van der Waals surface area contributed by atoms with Crippen LogP contribution in [0.5, 0.6) is 5.75 Å². The quantitative estimate of drug-likeness (QED) is 0.577. The van der Waals surface area contributed by atoms with Crippen molar-refractivity contribution in [2.24, 2.45) is 11.7 Å². The summed E-state index contributed by atoms with van der Waals surface area (Å²) in [6.07, 6.45) is 3.06. The zero-order valence-corrected chi connectivity index (χ0v) is 18.4. The molecule has 1 fully saturated rings. The van der Waals surface area contributed by atoms with Gasteiger partial charge < -0.3 is 15.4 Å². The number of carbonyl (C=O) groups excluding carboxylic acids is 2. The molecule has 0 atom stereocenters. The first-order valence-corrected chi connectivity index (χ1v) is 11.1. The lowest BCUT2D eigenvalue weighted by Gasteiger charge is -2.32. The van der Waals surface area contributed by atoms with E-state index in [0.717, 1.165) is 44.0 Å². The summed E-state index contributed by atoms with van der Waals surface area (Å²) in [6, 6.07) is 21.8. The topological polar surface area (TPSA) is 72.6 Å². The standard InChI is InChI=1S/C27H27FN2O3/c28-23-7-4-8-24(25(23)26(29)31)33-18-21-9-11-22(12-10-21)27(32)30-15-13-20(14-16-30)17-19-5-2-1-3-6-19/h1-12,20H,13-18H2,(H2,29,31). The molecule has 1 aliphatic rings. The van der Waals surface area contributed by atoms with Crippen LogP contribution in [0.1, 0.15) is 44.7 Å². The number of rotatable bonds is 7. The molecule has 0 spiro atoms. The predicted molar refractivity (Wildman–Crippen MR) is 124 cm³/mol. The van der Waals surface area contributed by atoms with Crippen molar-refractivity contribution in [3.63, 3.8) is 0 Å². The molecule has 0 unspecified atom stereocenters. The van der Waals surface area contributed by atoms with E-state index in [1.165, 1.54) is 17.7 Å². The number of carbonyl (C=O) groups is 2. The first-order chi connectivity index (χ1) is 16.0. The van der Waals surface area contributed by atoms with Crippen molar-refractivity contribution < 1.29 is 18.7 Å². The maximum atomic E-state index is 13.9. The van der Waals surface area contributed by atoms with E-state index in [9.17, 15) is 14.0 Å². The summed E-state index contributed by atoms with van der Waals surface area (Å²) < 4.78 is 19.5. The molecule has 4 rings (SSSR count). The van der Waals surface area contributed by atoms with Gasteiger partial charge in [0, 0.05) is 18.7 Å². The van der Waals surface area contributed by atoms with Crippen LogP contribution < -0.4 is 10.5 Å². The van der Waals surface area contributed by atoms with E-state index in [4.69, 9.17) is 10.5 Å². The number of amides is 2. The third-order valence-electron chi connectivity index (χ3n) is 6.09. The van der Waals surface area contributed by atoms with Crippen molar-refractivity contribution in [2.45, 2.75) is 25.9 Å². The Balaban J connectivity index is 1.31. The monoisotopic (exact) mass is 446 g/mol. The summed E-state index contributed by atoms with van der Waals surface area (Å²) in [4.78, 5) is 26.3. The van der Waals surface area contributed by atoms with Gasteiger partial charge in [-0.15, -0.1) is 0 Å². The highest BCUT2D eigenvalue weighted by molar-refractivity contribution is 5.96. The minimum atomic E-state index is -0.878. The van der Waals surface area contributed by atoms with Crippen LogP contribution in [0.3, 0.4) is 0 Å². The summed E-state index contributed by atoms with van der Waals surface area (Å²) >= 11 is 0. The molecular formula is C27H27FN2O3. The van der Waals surface area contributed by atoms with E-state index in [-0.39, 0.29) is 23.8 Å². The third-order valence-corrected chi connectivity index (χ3v) is 6.09. The van der Waals surface area contributed by atoms with Gasteiger partial charge in [-0.05, 0) is 60.6 Å². The fraction of sp³-hybridized carbons (Fsp3) is 0.259. The summed E-state index contributed by atoms with van der Waals surface area (Å²) in [5.74, 6) is -0.864. The summed E-state index contributed by atoms with van der Waals surface area (Å²) in [5.41, 5.74) is 7.77. The first-order valence-electron chi connectivity index (χ1n) is 11.1. The molecule has 6 heteroatoms.